The van der Waals surface area contributed by atoms with Crippen LogP contribution in [0, 0.1) is 5.92 Å². The van der Waals surface area contributed by atoms with Gasteiger partial charge in [-0.15, -0.1) is 0 Å². The number of amides is 1. The van der Waals surface area contributed by atoms with Gasteiger partial charge in [0.15, 0.2) is 5.03 Å². The van der Waals surface area contributed by atoms with E-state index < -0.39 is 15.9 Å². The molecule has 3 aromatic heterocycles. The number of aromatic nitrogens is 3. The Hall–Kier alpha value is -3.73. The van der Waals surface area contributed by atoms with Crippen molar-refractivity contribution in [3.05, 3.63) is 54.2 Å². The lowest BCUT2D eigenvalue weighted by molar-refractivity contribution is 0.0981. The highest BCUT2D eigenvalue weighted by atomic mass is 32.2. The number of carbonyl (C=O) groups is 1. The van der Waals surface area contributed by atoms with Gasteiger partial charge in [-0.05, 0) is 69.4 Å². The highest BCUT2D eigenvalue weighted by Crippen LogP contribution is 2.41. The quantitative estimate of drug-likeness (QED) is 0.474. The number of nitrogens with one attached hydrogen (secondary N) is 1. The summed E-state index contributed by atoms with van der Waals surface area (Å²) in [5, 5.41) is -0.321. The zero-order valence-electron chi connectivity index (χ0n) is 20.8. The summed E-state index contributed by atoms with van der Waals surface area (Å²) in [5.41, 5.74) is 7.23. The number of nitrogens with two attached hydrogens (primary N) is 1. The molecular weight excluding hydrogens is 492 g/mol. The van der Waals surface area contributed by atoms with Crippen molar-refractivity contribution in [1.29, 1.82) is 0 Å². The molecule has 10 nitrogen and oxygen atoms in total. The smallest absolute Gasteiger partial charge is 0.281 e. The lowest BCUT2D eigenvalue weighted by atomic mass is 10.0. The van der Waals surface area contributed by atoms with Gasteiger partial charge in [-0.25, -0.2) is 19.7 Å². The van der Waals surface area contributed by atoms with E-state index in [1.807, 2.05) is 19.9 Å². The Morgan fingerprint density at radius 1 is 1.14 bits per heavy atom. The van der Waals surface area contributed by atoms with Crippen LogP contribution in [0.2, 0.25) is 0 Å². The first-order chi connectivity index (χ1) is 17.7. The molecule has 0 aromatic carbocycles. The normalized spacial score (nSPS) is 19.2. The molecule has 1 aliphatic heterocycles. The molecule has 4 heterocycles. The number of pyridine rings is 3. The number of nitrogens with zero attached hydrogens (tertiary/aromatic N) is 4. The minimum absolute atomic E-state index is 0. The van der Waals surface area contributed by atoms with E-state index in [0.717, 1.165) is 37.8 Å². The van der Waals surface area contributed by atoms with E-state index in [0.29, 0.717) is 23.3 Å². The van der Waals surface area contributed by atoms with E-state index in [4.69, 9.17) is 15.5 Å². The molecule has 0 radical (unpaired) electrons. The molecule has 1 saturated heterocycles. The number of hydrogen-bond donors (Lipinski definition) is 2. The lowest BCUT2D eigenvalue weighted by Crippen LogP contribution is -2.36. The van der Waals surface area contributed by atoms with E-state index >= 15 is 0 Å². The molecule has 2 fully saturated rings. The van der Waals surface area contributed by atoms with Crippen LogP contribution in [0.1, 0.15) is 51.3 Å². The van der Waals surface area contributed by atoms with Crippen LogP contribution in [0.3, 0.4) is 0 Å². The lowest BCUT2D eigenvalue weighted by Gasteiger charge is -2.27. The highest BCUT2D eigenvalue weighted by Gasteiger charge is 2.39. The molecule has 1 aliphatic carbocycles. The zero-order chi connectivity index (χ0) is 26.2. The van der Waals surface area contributed by atoms with Gasteiger partial charge in [-0.1, -0.05) is 12.5 Å². The van der Waals surface area contributed by atoms with Crippen LogP contribution in [0.25, 0.3) is 11.3 Å². The molecule has 2 atom stereocenters. The second kappa shape index (κ2) is 9.97. The fourth-order valence-corrected chi connectivity index (χ4v) is 6.10. The molecule has 1 saturated carbocycles. The number of hydrogen-bond acceptors (Lipinski definition) is 9. The summed E-state index contributed by atoms with van der Waals surface area (Å²) in [6.07, 6.45) is 6.01. The van der Waals surface area contributed by atoms with Crippen molar-refractivity contribution < 1.29 is 19.4 Å². The molecule has 2 unspecified atom stereocenters. The summed E-state index contributed by atoms with van der Waals surface area (Å²) >= 11 is 0. The van der Waals surface area contributed by atoms with Crippen molar-refractivity contribution >= 4 is 27.6 Å². The molecule has 196 valence electrons. The Kier molecular flexibility index (Phi) is 6.72. The van der Waals surface area contributed by atoms with Gasteiger partial charge >= 0.3 is 0 Å². The number of nitrogen functional groups attached to an aromatic ring is 1. The number of rotatable bonds is 7. The van der Waals surface area contributed by atoms with Crippen LogP contribution < -0.4 is 20.1 Å². The minimum atomic E-state index is -4.23. The Balaban J connectivity index is 0.00000336. The average molecular weight is 525 g/mol. The van der Waals surface area contributed by atoms with Crippen molar-refractivity contribution in [3.63, 3.8) is 0 Å². The summed E-state index contributed by atoms with van der Waals surface area (Å²) in [4.78, 5) is 28.6. The van der Waals surface area contributed by atoms with Gasteiger partial charge in [0.1, 0.15) is 11.6 Å². The van der Waals surface area contributed by atoms with Crippen molar-refractivity contribution in [2.75, 3.05) is 17.2 Å². The second-order valence-corrected chi connectivity index (χ2v) is 11.3. The maximum absolute atomic E-state index is 13.3. The third-order valence-electron chi connectivity index (χ3n) is 6.79. The molecule has 0 bridgehead atoms. The maximum atomic E-state index is 13.3. The first-order valence-corrected chi connectivity index (χ1v) is 13.9. The SMILES string of the molecule is CC(C)Oc1ccc(-c2ccc(C(=O)NS(=O)(=O)c3cccc(N)n3)c(N3CCC4CCCC43)n2)cn1.[HH]. The van der Waals surface area contributed by atoms with E-state index in [1.165, 1.54) is 18.2 Å². The molecule has 5 rings (SSSR count). The van der Waals surface area contributed by atoms with Gasteiger partial charge in [0.2, 0.25) is 5.88 Å². The maximum Gasteiger partial charge on any atom is 0.281 e. The largest absolute Gasteiger partial charge is 0.475 e. The predicted octanol–water partition coefficient (Wildman–Crippen LogP) is 3.65. The van der Waals surface area contributed by atoms with Crippen LogP contribution in [0.15, 0.2) is 53.7 Å². The predicted molar refractivity (Wildman–Crippen MR) is 142 cm³/mol. The van der Waals surface area contributed by atoms with Crippen LogP contribution in [-0.4, -0.2) is 48.0 Å². The van der Waals surface area contributed by atoms with Crippen LogP contribution in [0.5, 0.6) is 5.88 Å². The van der Waals surface area contributed by atoms with Crippen LogP contribution >= 0.6 is 0 Å². The fourth-order valence-electron chi connectivity index (χ4n) is 5.16. The third-order valence-corrected chi connectivity index (χ3v) is 8.02. The molecule has 0 spiro atoms. The number of carbonyl (C=O) groups excluding carboxylic acids is 1. The van der Waals surface area contributed by atoms with Crippen molar-refractivity contribution in [2.45, 2.75) is 56.7 Å². The molecule has 3 N–H and O–H groups in total. The molecule has 11 heteroatoms. The minimum Gasteiger partial charge on any atom is -0.475 e. The van der Waals surface area contributed by atoms with Crippen LogP contribution in [-0.2, 0) is 10.0 Å². The van der Waals surface area contributed by atoms with Gasteiger partial charge in [0.05, 0.1) is 17.4 Å². The summed E-state index contributed by atoms with van der Waals surface area (Å²) in [6.45, 7) is 4.63. The summed E-state index contributed by atoms with van der Waals surface area (Å²) in [7, 11) is -4.23. The van der Waals surface area contributed by atoms with Crippen molar-refractivity contribution in [3.8, 4) is 17.1 Å². The van der Waals surface area contributed by atoms with Crippen molar-refractivity contribution in [2.24, 2.45) is 5.92 Å². The first-order valence-electron chi connectivity index (χ1n) is 12.4. The van der Waals surface area contributed by atoms with Gasteiger partial charge in [0.25, 0.3) is 15.9 Å². The Labute approximate surface area is 217 Å². The van der Waals surface area contributed by atoms with Gasteiger partial charge < -0.3 is 15.4 Å². The van der Waals surface area contributed by atoms with Gasteiger partial charge in [-0.3, -0.25) is 4.79 Å². The van der Waals surface area contributed by atoms with E-state index in [9.17, 15) is 13.2 Å². The monoisotopic (exact) mass is 524 g/mol. The Bertz CT molecular complexity index is 1420. The van der Waals surface area contributed by atoms with E-state index in [1.54, 1.807) is 24.4 Å². The number of anilines is 2. The van der Waals surface area contributed by atoms with Gasteiger partial charge in [0, 0.05) is 31.8 Å². The van der Waals surface area contributed by atoms with E-state index in [2.05, 4.69) is 19.6 Å². The number of ether oxygens (including phenoxy) is 1. The molecule has 2 aliphatic rings. The molecule has 37 heavy (non-hydrogen) atoms. The zero-order valence-corrected chi connectivity index (χ0v) is 21.6. The Morgan fingerprint density at radius 2 is 1.97 bits per heavy atom. The fraction of sp³-hybridized carbons (Fsp3) is 0.385. The third kappa shape index (κ3) is 5.22. The summed E-state index contributed by atoms with van der Waals surface area (Å²) in [5.74, 6) is 0.824. The number of sulfonamides is 1. The van der Waals surface area contributed by atoms with E-state index in [-0.39, 0.29) is 30.0 Å². The Morgan fingerprint density at radius 3 is 2.70 bits per heavy atom. The van der Waals surface area contributed by atoms with Crippen LogP contribution in [0.4, 0.5) is 11.6 Å². The summed E-state index contributed by atoms with van der Waals surface area (Å²) < 4.78 is 33.5. The first kappa shape index (κ1) is 24.9. The van der Waals surface area contributed by atoms with Gasteiger partial charge in [-0.2, -0.15) is 8.42 Å². The average Bonchev–Trinajstić information content (AvgIpc) is 3.48. The molecule has 1 amide bonds. The second-order valence-electron chi connectivity index (χ2n) is 9.70. The molecule has 3 aromatic rings. The van der Waals surface area contributed by atoms with Crippen molar-refractivity contribution in [1.82, 2.24) is 19.7 Å². The summed E-state index contributed by atoms with van der Waals surface area (Å²) in [6, 6.07) is 11.5. The topological polar surface area (TPSA) is 140 Å². The highest BCUT2D eigenvalue weighted by molar-refractivity contribution is 7.90. The molecular formula is C26H32N6O4S. The standard InChI is InChI=1S/C26H30N6O4S.H2/c1-16(2)36-23-12-9-18(15-28-23)20-11-10-19(25(29-20)32-14-13-17-5-3-6-21(17)32)26(33)31-37(34,35)24-8-4-7-22(27)30-24;/h4,7-12,15-17,21H,3,5-6,13-14H2,1-2H3,(H2,27,30)(H,31,33);1H. The number of fused-ring (bicyclic) bond motifs is 1.